The second-order valence-corrected chi connectivity index (χ2v) is 5.66. The second-order valence-electron chi connectivity index (χ2n) is 4.88. The second kappa shape index (κ2) is 5.63. The zero-order valence-corrected chi connectivity index (χ0v) is 12.2. The Balaban J connectivity index is 0.00000120. The van der Waals surface area contributed by atoms with Gasteiger partial charge in [0.15, 0.2) is 10.4 Å². The molecule has 2 unspecified atom stereocenters. The van der Waals surface area contributed by atoms with Gasteiger partial charge in [0.1, 0.15) is 0 Å². The van der Waals surface area contributed by atoms with Gasteiger partial charge in [-0.25, -0.2) is 0 Å². The van der Waals surface area contributed by atoms with Gasteiger partial charge in [-0.1, -0.05) is 0 Å². The van der Waals surface area contributed by atoms with Gasteiger partial charge in [0.2, 0.25) is 0 Å². The van der Waals surface area contributed by atoms with Crippen molar-refractivity contribution in [3.8, 4) is 0 Å². The Hall–Kier alpha value is -0.520. The Labute approximate surface area is 120 Å². The van der Waals surface area contributed by atoms with Crippen LogP contribution in [-0.2, 0) is 0 Å². The summed E-state index contributed by atoms with van der Waals surface area (Å²) in [5.74, 6) is 0.268. The Morgan fingerprint density at radius 2 is 2.00 bits per heavy atom. The first-order valence-electron chi connectivity index (χ1n) is 6.03. The summed E-state index contributed by atoms with van der Waals surface area (Å²) in [5, 5.41) is 6.61. The Kier molecular flexibility index (Phi) is 4.35. The fraction of sp³-hybridized carbons (Fsp3) is 0.583. The normalized spacial score (nSPS) is 29.7. The molecule has 100 valence electrons. The number of hydrogen-bond acceptors (Lipinski definition) is 3. The zero-order chi connectivity index (χ0) is 11.8. The summed E-state index contributed by atoms with van der Waals surface area (Å²) in [7, 11) is 0. The van der Waals surface area contributed by atoms with Crippen LogP contribution in [0.2, 0.25) is 0 Å². The van der Waals surface area contributed by atoms with Gasteiger partial charge >= 0.3 is 0 Å². The minimum absolute atomic E-state index is 0. The van der Waals surface area contributed by atoms with E-state index < -0.39 is 0 Å². The molecule has 2 saturated heterocycles. The molecule has 1 aromatic rings. The first kappa shape index (κ1) is 13.9. The van der Waals surface area contributed by atoms with Gasteiger partial charge in [-0.15, -0.1) is 12.4 Å². The van der Waals surface area contributed by atoms with Crippen molar-refractivity contribution in [3.63, 3.8) is 0 Å². The highest BCUT2D eigenvalue weighted by molar-refractivity contribution is 9.10. The number of hydrogen-bond donors (Lipinski definition) is 2. The standard InChI is InChI=1S/C12H15BrN2O2.ClH/c13-11-4-3-10(17-11)12(16)15-9-5-7-1-2-8(6-9)14-7;/h3-4,7-9,14H,1-2,5-6H2,(H,15,16);1H. The quantitative estimate of drug-likeness (QED) is 0.873. The highest BCUT2D eigenvalue weighted by Crippen LogP contribution is 2.27. The molecular formula is C12H16BrClN2O2. The molecule has 0 aliphatic carbocycles. The molecular weight excluding hydrogens is 320 g/mol. The van der Waals surface area contributed by atoms with Crippen LogP contribution < -0.4 is 10.6 Å². The van der Waals surface area contributed by atoms with E-state index >= 15 is 0 Å². The summed E-state index contributed by atoms with van der Waals surface area (Å²) < 4.78 is 5.84. The molecule has 3 rings (SSSR count). The largest absolute Gasteiger partial charge is 0.444 e. The third kappa shape index (κ3) is 2.90. The molecule has 18 heavy (non-hydrogen) atoms. The van der Waals surface area contributed by atoms with Crippen molar-refractivity contribution in [1.29, 1.82) is 0 Å². The monoisotopic (exact) mass is 334 g/mol. The fourth-order valence-corrected chi connectivity index (χ4v) is 3.17. The number of nitrogens with one attached hydrogen (secondary N) is 2. The SMILES string of the molecule is Cl.O=C(NC1CC2CCC(C1)N2)c1ccc(Br)o1. The number of amides is 1. The van der Waals surface area contributed by atoms with Crippen molar-refractivity contribution < 1.29 is 9.21 Å². The van der Waals surface area contributed by atoms with Crippen LogP contribution in [0.4, 0.5) is 0 Å². The average molecular weight is 336 g/mol. The third-order valence-corrected chi connectivity index (χ3v) is 4.03. The zero-order valence-electron chi connectivity index (χ0n) is 9.82. The lowest BCUT2D eigenvalue weighted by molar-refractivity contribution is 0.0894. The predicted octanol–water partition coefficient (Wildman–Crippen LogP) is 2.48. The van der Waals surface area contributed by atoms with E-state index in [0.29, 0.717) is 22.5 Å². The highest BCUT2D eigenvalue weighted by atomic mass is 79.9. The van der Waals surface area contributed by atoms with Crippen molar-refractivity contribution in [1.82, 2.24) is 10.6 Å². The molecule has 2 aliphatic rings. The van der Waals surface area contributed by atoms with Gasteiger partial charge in [-0.2, -0.15) is 0 Å². The molecule has 2 atom stereocenters. The van der Waals surface area contributed by atoms with E-state index in [0.717, 1.165) is 12.8 Å². The van der Waals surface area contributed by atoms with Gasteiger partial charge in [-0.3, -0.25) is 4.79 Å². The summed E-state index contributed by atoms with van der Waals surface area (Å²) in [6, 6.07) is 4.88. The molecule has 2 aliphatic heterocycles. The van der Waals surface area contributed by atoms with Gasteiger partial charge in [0, 0.05) is 18.1 Å². The van der Waals surface area contributed by atoms with E-state index in [9.17, 15) is 4.79 Å². The third-order valence-electron chi connectivity index (χ3n) is 3.61. The molecule has 3 heterocycles. The van der Waals surface area contributed by atoms with Crippen molar-refractivity contribution in [2.45, 2.75) is 43.8 Å². The van der Waals surface area contributed by atoms with E-state index in [1.807, 2.05) is 0 Å². The summed E-state index contributed by atoms with van der Waals surface area (Å²) in [6.45, 7) is 0. The molecule has 1 amide bonds. The van der Waals surface area contributed by atoms with Crippen molar-refractivity contribution in [3.05, 3.63) is 22.6 Å². The smallest absolute Gasteiger partial charge is 0.287 e. The van der Waals surface area contributed by atoms with Crippen LogP contribution in [0.5, 0.6) is 0 Å². The summed E-state index contributed by atoms with van der Waals surface area (Å²) in [5.41, 5.74) is 0. The molecule has 0 spiro atoms. The molecule has 2 bridgehead atoms. The van der Waals surface area contributed by atoms with Crippen LogP contribution in [-0.4, -0.2) is 24.0 Å². The minimum Gasteiger partial charge on any atom is -0.444 e. The summed E-state index contributed by atoms with van der Waals surface area (Å²) in [6.07, 6.45) is 4.54. The molecule has 2 N–H and O–H groups in total. The minimum atomic E-state index is -0.109. The van der Waals surface area contributed by atoms with Crippen LogP contribution in [0.25, 0.3) is 0 Å². The number of rotatable bonds is 2. The lowest BCUT2D eigenvalue weighted by Gasteiger charge is -2.29. The molecule has 4 nitrogen and oxygen atoms in total. The van der Waals surface area contributed by atoms with E-state index in [-0.39, 0.29) is 24.4 Å². The van der Waals surface area contributed by atoms with E-state index in [1.54, 1.807) is 12.1 Å². The van der Waals surface area contributed by atoms with Crippen LogP contribution in [0.3, 0.4) is 0 Å². The first-order valence-corrected chi connectivity index (χ1v) is 6.82. The number of fused-ring (bicyclic) bond motifs is 2. The van der Waals surface area contributed by atoms with Crippen molar-refractivity contribution in [2.24, 2.45) is 0 Å². The van der Waals surface area contributed by atoms with Gasteiger partial charge in [0.05, 0.1) is 0 Å². The predicted molar refractivity (Wildman–Crippen MR) is 74.1 cm³/mol. The Morgan fingerprint density at radius 3 is 2.56 bits per heavy atom. The number of furan rings is 1. The molecule has 0 saturated carbocycles. The average Bonchev–Trinajstić information content (AvgIpc) is 2.85. The maximum absolute atomic E-state index is 11.9. The number of carbonyl (C=O) groups excluding carboxylic acids is 1. The molecule has 1 aromatic heterocycles. The first-order chi connectivity index (χ1) is 8.20. The van der Waals surface area contributed by atoms with Crippen molar-refractivity contribution in [2.75, 3.05) is 0 Å². The van der Waals surface area contributed by atoms with Crippen molar-refractivity contribution >= 4 is 34.2 Å². The van der Waals surface area contributed by atoms with E-state index in [1.165, 1.54) is 12.8 Å². The van der Waals surface area contributed by atoms with Crippen LogP contribution in [0, 0.1) is 0 Å². The maximum Gasteiger partial charge on any atom is 0.287 e. The van der Waals surface area contributed by atoms with Gasteiger partial charge in [0.25, 0.3) is 5.91 Å². The van der Waals surface area contributed by atoms with Gasteiger partial charge in [-0.05, 0) is 53.7 Å². The molecule has 2 fully saturated rings. The van der Waals surface area contributed by atoms with E-state index in [2.05, 4.69) is 26.6 Å². The highest BCUT2D eigenvalue weighted by Gasteiger charge is 2.34. The topological polar surface area (TPSA) is 54.3 Å². The van der Waals surface area contributed by atoms with Crippen LogP contribution >= 0.6 is 28.3 Å². The van der Waals surface area contributed by atoms with E-state index in [4.69, 9.17) is 4.42 Å². The van der Waals surface area contributed by atoms with Crippen LogP contribution in [0.1, 0.15) is 36.2 Å². The molecule has 6 heteroatoms. The summed E-state index contributed by atoms with van der Waals surface area (Å²) in [4.78, 5) is 11.9. The number of halogens is 2. The summed E-state index contributed by atoms with van der Waals surface area (Å²) >= 11 is 3.20. The molecule has 0 aromatic carbocycles. The molecule has 0 radical (unpaired) electrons. The van der Waals surface area contributed by atoms with Gasteiger partial charge < -0.3 is 15.1 Å². The Bertz CT molecular complexity index is 425. The Morgan fingerprint density at radius 1 is 1.33 bits per heavy atom. The number of piperidine rings is 1. The lowest BCUT2D eigenvalue weighted by Crippen LogP contribution is -2.47. The lowest BCUT2D eigenvalue weighted by atomic mass is 10.00. The van der Waals surface area contributed by atoms with Crippen LogP contribution in [0.15, 0.2) is 21.2 Å². The fourth-order valence-electron chi connectivity index (χ4n) is 2.87. The number of carbonyl (C=O) groups is 1. The maximum atomic E-state index is 11.9.